The van der Waals surface area contributed by atoms with Gasteiger partial charge in [-0.05, 0) is 17.7 Å². The minimum Gasteiger partial charge on any atom is -0.508 e. The minimum atomic E-state index is -1.01. The fourth-order valence-electron chi connectivity index (χ4n) is 1.79. The lowest BCUT2D eigenvalue weighted by atomic mass is 10.1. The number of aromatic carboxylic acids is 1. The first kappa shape index (κ1) is 15.2. The van der Waals surface area contributed by atoms with Gasteiger partial charge < -0.3 is 26.0 Å². The molecule has 0 saturated heterocycles. The molecule has 2 aromatic rings. The number of carbonyl (C=O) groups is 2. The molecular weight excluding hydrogens is 288 g/mol. The predicted molar refractivity (Wildman–Crippen MR) is 79.0 cm³/mol. The van der Waals surface area contributed by atoms with Gasteiger partial charge >= 0.3 is 12.0 Å². The first-order chi connectivity index (χ1) is 10.4. The standard InChI is InChI=1S/C15H14N2O5/c18-12-5-11(6-13(19)7-12)17-15(22)16-8-9-1-3-10(4-2-9)14(20)21/h1-7,18-19H,8H2,(H,20,21)(H2,16,17,22). The van der Waals surface area contributed by atoms with Crippen LogP contribution in [0.15, 0.2) is 42.5 Å². The van der Waals surface area contributed by atoms with Crippen LogP contribution >= 0.6 is 0 Å². The summed E-state index contributed by atoms with van der Waals surface area (Å²) in [6, 6.07) is 9.31. The van der Waals surface area contributed by atoms with E-state index in [1.165, 1.54) is 24.3 Å². The number of carboxylic acid groups (broad SMARTS) is 1. The van der Waals surface area contributed by atoms with Gasteiger partial charge in [0.25, 0.3) is 0 Å². The van der Waals surface area contributed by atoms with Crippen molar-refractivity contribution in [2.75, 3.05) is 5.32 Å². The molecule has 0 atom stereocenters. The van der Waals surface area contributed by atoms with E-state index in [1.54, 1.807) is 12.1 Å². The third kappa shape index (κ3) is 4.14. The van der Waals surface area contributed by atoms with Crippen molar-refractivity contribution < 1.29 is 24.9 Å². The number of hydrogen-bond acceptors (Lipinski definition) is 4. The Morgan fingerprint density at radius 1 is 0.955 bits per heavy atom. The SMILES string of the molecule is O=C(NCc1ccc(C(=O)O)cc1)Nc1cc(O)cc(O)c1. The number of hydrogen-bond donors (Lipinski definition) is 5. The van der Waals surface area contributed by atoms with E-state index >= 15 is 0 Å². The average molecular weight is 302 g/mol. The summed E-state index contributed by atoms with van der Waals surface area (Å²) >= 11 is 0. The second-order valence-electron chi connectivity index (χ2n) is 4.55. The quantitative estimate of drug-likeness (QED) is 0.592. The maximum absolute atomic E-state index is 11.7. The molecule has 0 aromatic heterocycles. The number of carbonyl (C=O) groups excluding carboxylic acids is 1. The van der Waals surface area contributed by atoms with Crippen molar-refractivity contribution in [3.8, 4) is 11.5 Å². The molecule has 22 heavy (non-hydrogen) atoms. The predicted octanol–water partition coefficient (Wildman–Crippen LogP) is 2.12. The Bertz CT molecular complexity index is 677. The molecule has 5 N–H and O–H groups in total. The highest BCUT2D eigenvalue weighted by Crippen LogP contribution is 2.23. The van der Waals surface area contributed by atoms with E-state index in [-0.39, 0.29) is 29.3 Å². The molecule has 0 radical (unpaired) electrons. The summed E-state index contributed by atoms with van der Waals surface area (Å²) in [6.07, 6.45) is 0. The van der Waals surface area contributed by atoms with E-state index in [0.29, 0.717) is 0 Å². The van der Waals surface area contributed by atoms with Crippen LogP contribution < -0.4 is 10.6 Å². The number of nitrogens with one attached hydrogen (secondary N) is 2. The average Bonchev–Trinajstić information content (AvgIpc) is 2.44. The molecule has 2 rings (SSSR count). The molecule has 0 saturated carbocycles. The van der Waals surface area contributed by atoms with Gasteiger partial charge in [-0.1, -0.05) is 12.1 Å². The Labute approximate surface area is 125 Å². The highest BCUT2D eigenvalue weighted by Gasteiger charge is 2.05. The largest absolute Gasteiger partial charge is 0.508 e. The Morgan fingerprint density at radius 2 is 1.55 bits per heavy atom. The van der Waals surface area contributed by atoms with Gasteiger partial charge in [-0.15, -0.1) is 0 Å². The van der Waals surface area contributed by atoms with Crippen LogP contribution in [0.5, 0.6) is 11.5 Å². The van der Waals surface area contributed by atoms with Crippen LogP contribution in [-0.4, -0.2) is 27.3 Å². The number of phenolic OH excluding ortho intramolecular Hbond substituents is 2. The molecule has 7 nitrogen and oxygen atoms in total. The summed E-state index contributed by atoms with van der Waals surface area (Å²) in [6.45, 7) is 0.205. The van der Waals surface area contributed by atoms with Crippen LogP contribution in [0.3, 0.4) is 0 Å². The molecule has 0 aliphatic carbocycles. The minimum absolute atomic E-state index is 0.167. The zero-order chi connectivity index (χ0) is 16.1. The third-order valence-electron chi connectivity index (χ3n) is 2.81. The fourth-order valence-corrected chi connectivity index (χ4v) is 1.79. The maximum atomic E-state index is 11.7. The van der Waals surface area contributed by atoms with Crippen LogP contribution in [0.4, 0.5) is 10.5 Å². The van der Waals surface area contributed by atoms with Crippen molar-refractivity contribution in [2.24, 2.45) is 0 Å². The van der Waals surface area contributed by atoms with Gasteiger partial charge in [-0.25, -0.2) is 9.59 Å². The van der Waals surface area contributed by atoms with Gasteiger partial charge in [0, 0.05) is 30.4 Å². The Morgan fingerprint density at radius 3 is 2.09 bits per heavy atom. The van der Waals surface area contributed by atoms with Crippen molar-refractivity contribution in [1.82, 2.24) is 5.32 Å². The van der Waals surface area contributed by atoms with E-state index in [1.807, 2.05) is 0 Å². The van der Waals surface area contributed by atoms with Crippen molar-refractivity contribution >= 4 is 17.7 Å². The second kappa shape index (κ2) is 6.49. The highest BCUT2D eigenvalue weighted by molar-refractivity contribution is 5.90. The number of benzene rings is 2. The highest BCUT2D eigenvalue weighted by atomic mass is 16.4. The molecule has 0 bridgehead atoms. The normalized spacial score (nSPS) is 10.0. The Hall–Kier alpha value is -3.22. The summed E-state index contributed by atoms with van der Waals surface area (Å²) < 4.78 is 0. The van der Waals surface area contributed by atoms with Crippen LogP contribution in [0, 0.1) is 0 Å². The van der Waals surface area contributed by atoms with E-state index in [4.69, 9.17) is 5.11 Å². The Balaban J connectivity index is 1.91. The van der Waals surface area contributed by atoms with Crippen LogP contribution in [0.2, 0.25) is 0 Å². The maximum Gasteiger partial charge on any atom is 0.335 e. The zero-order valence-electron chi connectivity index (χ0n) is 11.4. The lowest BCUT2D eigenvalue weighted by Gasteiger charge is -2.08. The second-order valence-corrected chi connectivity index (χ2v) is 4.55. The molecule has 0 heterocycles. The molecule has 0 fully saturated rings. The van der Waals surface area contributed by atoms with E-state index in [9.17, 15) is 19.8 Å². The lowest BCUT2D eigenvalue weighted by molar-refractivity contribution is 0.0697. The lowest BCUT2D eigenvalue weighted by Crippen LogP contribution is -2.28. The van der Waals surface area contributed by atoms with Gasteiger partial charge in [-0.3, -0.25) is 0 Å². The zero-order valence-corrected chi connectivity index (χ0v) is 11.4. The van der Waals surface area contributed by atoms with E-state index in [0.717, 1.165) is 11.6 Å². The van der Waals surface area contributed by atoms with Gasteiger partial charge in [0.1, 0.15) is 11.5 Å². The monoisotopic (exact) mass is 302 g/mol. The molecule has 0 spiro atoms. The molecular formula is C15H14N2O5. The summed E-state index contributed by atoms with van der Waals surface area (Å²) in [4.78, 5) is 22.4. The third-order valence-corrected chi connectivity index (χ3v) is 2.81. The van der Waals surface area contributed by atoms with Crippen molar-refractivity contribution in [2.45, 2.75) is 6.54 Å². The van der Waals surface area contributed by atoms with E-state index < -0.39 is 12.0 Å². The topological polar surface area (TPSA) is 119 Å². The smallest absolute Gasteiger partial charge is 0.335 e. The summed E-state index contributed by atoms with van der Waals surface area (Å²) in [5, 5.41) is 32.4. The van der Waals surface area contributed by atoms with Crippen LogP contribution in [0.1, 0.15) is 15.9 Å². The number of anilines is 1. The molecule has 0 aliphatic heterocycles. The number of amides is 2. The number of phenols is 2. The van der Waals surface area contributed by atoms with Crippen LogP contribution in [-0.2, 0) is 6.54 Å². The summed E-state index contributed by atoms with van der Waals surface area (Å²) in [7, 11) is 0. The molecule has 114 valence electrons. The summed E-state index contributed by atoms with van der Waals surface area (Å²) in [5.41, 5.74) is 1.15. The molecule has 0 aliphatic rings. The number of aromatic hydroxyl groups is 2. The fraction of sp³-hybridized carbons (Fsp3) is 0.0667. The molecule has 0 unspecified atom stereocenters. The number of rotatable bonds is 4. The molecule has 7 heteroatoms. The number of carboxylic acids is 1. The first-order valence-corrected chi connectivity index (χ1v) is 6.34. The first-order valence-electron chi connectivity index (χ1n) is 6.34. The van der Waals surface area contributed by atoms with Crippen molar-refractivity contribution in [1.29, 1.82) is 0 Å². The van der Waals surface area contributed by atoms with Crippen molar-refractivity contribution in [3.05, 3.63) is 53.6 Å². The van der Waals surface area contributed by atoms with Gasteiger partial charge in [0.2, 0.25) is 0 Å². The van der Waals surface area contributed by atoms with Crippen LogP contribution in [0.25, 0.3) is 0 Å². The van der Waals surface area contributed by atoms with Crippen molar-refractivity contribution in [3.63, 3.8) is 0 Å². The Kier molecular flexibility index (Phi) is 4.47. The van der Waals surface area contributed by atoms with Gasteiger partial charge in [-0.2, -0.15) is 0 Å². The van der Waals surface area contributed by atoms with E-state index in [2.05, 4.69) is 10.6 Å². The molecule has 2 aromatic carbocycles. The molecule has 2 amide bonds. The number of urea groups is 1. The summed E-state index contributed by atoms with van der Waals surface area (Å²) in [5.74, 6) is -1.35. The van der Waals surface area contributed by atoms with Gasteiger partial charge in [0.15, 0.2) is 0 Å². The van der Waals surface area contributed by atoms with Gasteiger partial charge in [0.05, 0.1) is 5.56 Å².